The molecule has 2 aliphatic rings. The highest BCUT2D eigenvalue weighted by molar-refractivity contribution is 5.83. The highest BCUT2D eigenvalue weighted by atomic mass is 19.1. The standard InChI is InChI=1S/C17H16F2N4O2/c18-9-3-4-10(12(19)5-9)14(20)17(25)23-6-11-13(7-23)21-15(8-1-2-8)22-16(11)24/h3-5,8,14H,1-2,6-7,20H2,(H,21,22,24). The van der Waals surface area contributed by atoms with Crippen molar-refractivity contribution in [3.05, 3.63) is 62.8 Å². The van der Waals surface area contributed by atoms with Crippen LogP contribution in [0.4, 0.5) is 8.78 Å². The predicted molar refractivity (Wildman–Crippen MR) is 84.4 cm³/mol. The molecular weight excluding hydrogens is 330 g/mol. The molecule has 130 valence electrons. The van der Waals surface area contributed by atoms with Gasteiger partial charge in [0.1, 0.15) is 23.5 Å². The number of rotatable bonds is 3. The lowest BCUT2D eigenvalue weighted by Gasteiger charge is -2.20. The largest absolute Gasteiger partial charge is 0.331 e. The van der Waals surface area contributed by atoms with Crippen LogP contribution < -0.4 is 11.3 Å². The molecule has 0 spiro atoms. The maximum absolute atomic E-state index is 13.9. The first kappa shape index (κ1) is 15.9. The summed E-state index contributed by atoms with van der Waals surface area (Å²) in [4.78, 5) is 33.4. The summed E-state index contributed by atoms with van der Waals surface area (Å²) in [6.45, 7) is 0.242. The number of benzene rings is 1. The average Bonchev–Trinajstić information content (AvgIpc) is 3.33. The Kier molecular flexibility index (Phi) is 3.64. The van der Waals surface area contributed by atoms with E-state index in [2.05, 4.69) is 9.97 Å². The normalized spacial score (nSPS) is 17.5. The first-order valence-electron chi connectivity index (χ1n) is 8.05. The van der Waals surface area contributed by atoms with Crippen LogP contribution in [-0.2, 0) is 17.9 Å². The first-order chi connectivity index (χ1) is 11.9. The van der Waals surface area contributed by atoms with Gasteiger partial charge in [0.25, 0.3) is 5.56 Å². The summed E-state index contributed by atoms with van der Waals surface area (Å²) in [5.74, 6) is -1.19. The van der Waals surface area contributed by atoms with Gasteiger partial charge in [-0.3, -0.25) is 9.59 Å². The van der Waals surface area contributed by atoms with Gasteiger partial charge in [0.15, 0.2) is 0 Å². The average molecular weight is 346 g/mol. The molecule has 0 radical (unpaired) electrons. The van der Waals surface area contributed by atoms with Crippen molar-refractivity contribution in [2.75, 3.05) is 0 Å². The molecule has 1 saturated carbocycles. The molecule has 1 aliphatic carbocycles. The molecule has 1 unspecified atom stereocenters. The van der Waals surface area contributed by atoms with E-state index in [1.807, 2.05) is 0 Å². The van der Waals surface area contributed by atoms with E-state index in [-0.39, 0.29) is 24.2 Å². The molecule has 4 rings (SSSR count). The van der Waals surface area contributed by atoms with Gasteiger partial charge in [-0.05, 0) is 18.9 Å². The molecule has 0 saturated heterocycles. The third-order valence-electron chi connectivity index (χ3n) is 4.65. The maximum Gasteiger partial charge on any atom is 0.256 e. The molecule has 6 nitrogen and oxygen atoms in total. The van der Waals surface area contributed by atoms with E-state index in [0.29, 0.717) is 29.1 Å². The second kappa shape index (κ2) is 5.73. The number of hydrogen-bond acceptors (Lipinski definition) is 4. The van der Waals surface area contributed by atoms with Crippen molar-refractivity contribution >= 4 is 5.91 Å². The lowest BCUT2D eigenvalue weighted by molar-refractivity contribution is -0.133. The highest BCUT2D eigenvalue weighted by Crippen LogP contribution is 2.38. The summed E-state index contributed by atoms with van der Waals surface area (Å²) in [6, 6.07) is 1.64. The van der Waals surface area contributed by atoms with Crippen LogP contribution in [0, 0.1) is 11.6 Å². The summed E-state index contributed by atoms with van der Waals surface area (Å²) in [5, 5.41) is 0. The van der Waals surface area contributed by atoms with Crippen molar-refractivity contribution in [3.63, 3.8) is 0 Å². The summed E-state index contributed by atoms with van der Waals surface area (Å²) in [5.41, 5.74) is 6.54. The molecule has 1 aromatic heterocycles. The number of H-pyrrole nitrogens is 1. The quantitative estimate of drug-likeness (QED) is 0.880. The number of carbonyl (C=O) groups excluding carboxylic acids is 1. The Hall–Kier alpha value is -2.61. The summed E-state index contributed by atoms with van der Waals surface area (Å²) < 4.78 is 26.9. The minimum absolute atomic E-state index is 0.0807. The number of nitrogens with one attached hydrogen (secondary N) is 1. The molecule has 1 aliphatic heterocycles. The third kappa shape index (κ3) is 2.82. The van der Waals surface area contributed by atoms with Gasteiger partial charge in [-0.1, -0.05) is 6.07 Å². The first-order valence-corrected chi connectivity index (χ1v) is 8.05. The lowest BCUT2D eigenvalue weighted by Crippen LogP contribution is -2.35. The van der Waals surface area contributed by atoms with Crippen LogP contribution in [0.25, 0.3) is 0 Å². The topological polar surface area (TPSA) is 92.1 Å². The van der Waals surface area contributed by atoms with Gasteiger partial charge < -0.3 is 15.6 Å². The van der Waals surface area contributed by atoms with Crippen LogP contribution in [0.2, 0.25) is 0 Å². The molecule has 2 aromatic rings. The van der Waals surface area contributed by atoms with Crippen LogP contribution in [0.1, 0.15) is 47.4 Å². The molecular formula is C17H16F2N4O2. The highest BCUT2D eigenvalue weighted by Gasteiger charge is 2.34. The Bertz CT molecular complexity index is 923. The summed E-state index contributed by atoms with van der Waals surface area (Å²) in [7, 11) is 0. The Balaban J connectivity index is 1.57. The number of halogens is 2. The zero-order chi connectivity index (χ0) is 17.7. The molecule has 8 heteroatoms. The fraction of sp³-hybridized carbons (Fsp3) is 0.353. The maximum atomic E-state index is 13.9. The van der Waals surface area contributed by atoms with Crippen LogP contribution in [-0.4, -0.2) is 20.8 Å². The van der Waals surface area contributed by atoms with Crippen LogP contribution in [0.15, 0.2) is 23.0 Å². The summed E-state index contributed by atoms with van der Waals surface area (Å²) in [6.07, 6.45) is 2.00. The van der Waals surface area contributed by atoms with Gasteiger partial charge >= 0.3 is 0 Å². The smallest absolute Gasteiger partial charge is 0.256 e. The van der Waals surface area contributed by atoms with Gasteiger partial charge in [-0.2, -0.15) is 0 Å². The Labute approximate surface area is 141 Å². The van der Waals surface area contributed by atoms with E-state index in [4.69, 9.17) is 5.73 Å². The fourth-order valence-electron chi connectivity index (χ4n) is 3.07. The van der Waals surface area contributed by atoms with Crippen molar-refractivity contribution in [2.24, 2.45) is 5.73 Å². The summed E-state index contributed by atoms with van der Waals surface area (Å²) >= 11 is 0. The van der Waals surface area contributed by atoms with Crippen molar-refractivity contribution in [1.82, 2.24) is 14.9 Å². The van der Waals surface area contributed by atoms with E-state index in [9.17, 15) is 18.4 Å². The Morgan fingerprint density at radius 2 is 2.08 bits per heavy atom. The van der Waals surface area contributed by atoms with Crippen molar-refractivity contribution in [2.45, 2.75) is 37.9 Å². The monoisotopic (exact) mass is 346 g/mol. The number of hydrogen-bond donors (Lipinski definition) is 2. The molecule has 0 bridgehead atoms. The fourth-order valence-corrected chi connectivity index (χ4v) is 3.07. The zero-order valence-electron chi connectivity index (χ0n) is 13.3. The third-order valence-corrected chi connectivity index (χ3v) is 4.65. The van der Waals surface area contributed by atoms with Gasteiger partial charge in [0.05, 0.1) is 24.3 Å². The molecule has 1 atom stereocenters. The van der Waals surface area contributed by atoms with Crippen LogP contribution in [0.5, 0.6) is 0 Å². The number of nitrogens with two attached hydrogens (primary N) is 1. The number of carbonyl (C=O) groups is 1. The number of amides is 1. The number of fused-ring (bicyclic) bond motifs is 1. The van der Waals surface area contributed by atoms with Crippen LogP contribution >= 0.6 is 0 Å². The van der Waals surface area contributed by atoms with E-state index in [0.717, 1.165) is 25.0 Å². The minimum atomic E-state index is -1.27. The molecule has 3 N–H and O–H groups in total. The van der Waals surface area contributed by atoms with Crippen molar-refractivity contribution < 1.29 is 13.6 Å². The van der Waals surface area contributed by atoms with Gasteiger partial charge in [0.2, 0.25) is 5.91 Å². The van der Waals surface area contributed by atoms with Gasteiger partial charge in [0, 0.05) is 17.5 Å². The Morgan fingerprint density at radius 1 is 1.32 bits per heavy atom. The van der Waals surface area contributed by atoms with E-state index < -0.39 is 23.6 Å². The van der Waals surface area contributed by atoms with E-state index in [1.54, 1.807) is 0 Å². The number of aromatic nitrogens is 2. The SMILES string of the molecule is NC(C(=O)N1Cc2nc(C3CC3)[nH]c(=O)c2C1)c1ccc(F)cc1F. The second-order valence-electron chi connectivity index (χ2n) is 6.49. The molecule has 25 heavy (non-hydrogen) atoms. The minimum Gasteiger partial charge on any atom is -0.331 e. The molecule has 1 aromatic carbocycles. The number of nitrogens with zero attached hydrogens (tertiary/aromatic N) is 2. The second-order valence-corrected chi connectivity index (χ2v) is 6.49. The zero-order valence-corrected chi connectivity index (χ0v) is 13.3. The van der Waals surface area contributed by atoms with Crippen LogP contribution in [0.3, 0.4) is 0 Å². The molecule has 1 fully saturated rings. The van der Waals surface area contributed by atoms with Gasteiger partial charge in [-0.25, -0.2) is 13.8 Å². The van der Waals surface area contributed by atoms with E-state index in [1.165, 1.54) is 4.90 Å². The van der Waals surface area contributed by atoms with E-state index >= 15 is 0 Å². The van der Waals surface area contributed by atoms with Crippen molar-refractivity contribution in [1.29, 1.82) is 0 Å². The Morgan fingerprint density at radius 3 is 2.76 bits per heavy atom. The van der Waals surface area contributed by atoms with Crippen molar-refractivity contribution in [3.8, 4) is 0 Å². The predicted octanol–water partition coefficient (Wildman–Crippen LogP) is 1.47. The van der Waals surface area contributed by atoms with Gasteiger partial charge in [-0.15, -0.1) is 0 Å². The molecule has 2 heterocycles. The number of aromatic amines is 1. The lowest BCUT2D eigenvalue weighted by atomic mass is 10.1. The molecule has 1 amide bonds.